The molecule has 0 aliphatic carbocycles. The molecule has 2 aromatic rings. The van der Waals surface area contributed by atoms with Crippen molar-refractivity contribution in [1.29, 1.82) is 0 Å². The van der Waals surface area contributed by atoms with Crippen LogP contribution < -0.4 is 0 Å². The van der Waals surface area contributed by atoms with Crippen LogP contribution in [0.4, 0.5) is 4.79 Å². The highest BCUT2D eigenvalue weighted by atomic mass is 16.6. The van der Waals surface area contributed by atoms with E-state index in [1.54, 1.807) is 0 Å². The Morgan fingerprint density at radius 1 is 1.00 bits per heavy atom. The van der Waals surface area contributed by atoms with Gasteiger partial charge in [-0.1, -0.05) is 60.7 Å². The molecule has 1 heterocycles. The van der Waals surface area contributed by atoms with Crippen molar-refractivity contribution in [2.24, 2.45) is 0 Å². The summed E-state index contributed by atoms with van der Waals surface area (Å²) in [6, 6.07) is 20.6. The average molecular weight is 367 g/mol. The lowest BCUT2D eigenvalue weighted by molar-refractivity contribution is -0.0502. The van der Waals surface area contributed by atoms with E-state index >= 15 is 0 Å². The Balaban J connectivity index is 2.11. The highest BCUT2D eigenvalue weighted by Crippen LogP contribution is 2.46. The van der Waals surface area contributed by atoms with Crippen molar-refractivity contribution in [2.75, 3.05) is 20.1 Å². The predicted octanol–water partition coefficient (Wildman–Crippen LogP) is 4.83. The third-order valence-corrected chi connectivity index (χ3v) is 5.41. The van der Waals surface area contributed by atoms with Crippen LogP contribution in [0.1, 0.15) is 44.9 Å². The first-order valence-electron chi connectivity index (χ1n) is 9.55. The van der Waals surface area contributed by atoms with E-state index in [9.17, 15) is 4.79 Å². The van der Waals surface area contributed by atoms with Crippen LogP contribution in [0.5, 0.6) is 0 Å². The molecule has 4 heteroatoms. The van der Waals surface area contributed by atoms with E-state index in [4.69, 9.17) is 4.74 Å². The third-order valence-electron chi connectivity index (χ3n) is 5.41. The quantitative estimate of drug-likeness (QED) is 0.763. The van der Waals surface area contributed by atoms with Crippen molar-refractivity contribution in [3.05, 3.63) is 71.8 Å². The van der Waals surface area contributed by atoms with Crippen molar-refractivity contribution in [3.63, 3.8) is 0 Å². The smallest absolute Gasteiger partial charge is 0.410 e. The van der Waals surface area contributed by atoms with E-state index in [0.29, 0.717) is 6.54 Å². The van der Waals surface area contributed by atoms with Crippen LogP contribution in [-0.2, 0) is 10.3 Å². The summed E-state index contributed by atoms with van der Waals surface area (Å²) in [7, 11) is 2.13. The zero-order valence-electron chi connectivity index (χ0n) is 17.0. The number of piperazine rings is 1. The Morgan fingerprint density at radius 2 is 1.56 bits per heavy atom. The predicted molar refractivity (Wildman–Crippen MR) is 109 cm³/mol. The van der Waals surface area contributed by atoms with E-state index in [1.807, 2.05) is 49.9 Å². The molecular weight excluding hydrogens is 336 g/mol. The fraction of sp³-hybridized carbons (Fsp3) is 0.435. The third kappa shape index (κ3) is 3.86. The second-order valence-corrected chi connectivity index (χ2v) is 8.42. The first kappa shape index (κ1) is 19.4. The van der Waals surface area contributed by atoms with Crippen molar-refractivity contribution >= 4 is 6.09 Å². The molecule has 2 atom stereocenters. The molecule has 1 saturated heterocycles. The second kappa shape index (κ2) is 7.35. The van der Waals surface area contributed by atoms with Crippen LogP contribution in [0.15, 0.2) is 60.7 Å². The normalized spacial score (nSPS) is 23.9. The van der Waals surface area contributed by atoms with E-state index in [1.165, 1.54) is 5.56 Å². The molecule has 0 spiro atoms. The minimum atomic E-state index is -0.523. The van der Waals surface area contributed by atoms with Gasteiger partial charge >= 0.3 is 6.09 Å². The molecule has 0 aromatic heterocycles. The van der Waals surface area contributed by atoms with Gasteiger partial charge in [0.1, 0.15) is 5.60 Å². The van der Waals surface area contributed by atoms with E-state index in [2.05, 4.69) is 55.3 Å². The van der Waals surface area contributed by atoms with Crippen LogP contribution in [0.25, 0.3) is 0 Å². The minimum Gasteiger partial charge on any atom is -0.444 e. The van der Waals surface area contributed by atoms with Gasteiger partial charge in [0.05, 0.1) is 11.6 Å². The standard InChI is InChI=1S/C23H30N2O2/c1-22(2,3)27-21(26)25-17-16-24(5)23(4,19-14-10-7-11-15-19)20(25)18-12-8-6-9-13-18/h6-15,20H,16-17H2,1-5H3. The number of nitrogens with zero attached hydrogens (tertiary/aromatic N) is 2. The van der Waals surface area contributed by atoms with Crippen molar-refractivity contribution in [2.45, 2.75) is 44.9 Å². The maximum atomic E-state index is 13.1. The van der Waals surface area contributed by atoms with Crippen molar-refractivity contribution in [1.82, 2.24) is 9.80 Å². The number of rotatable bonds is 2. The maximum absolute atomic E-state index is 13.1. The van der Waals surface area contributed by atoms with E-state index < -0.39 is 5.60 Å². The summed E-state index contributed by atoms with van der Waals surface area (Å²) in [4.78, 5) is 17.4. The minimum absolute atomic E-state index is 0.144. The number of benzene rings is 2. The number of ether oxygens (including phenoxy) is 1. The van der Waals surface area contributed by atoms with Gasteiger partial charge in [-0.05, 0) is 45.9 Å². The Bertz CT molecular complexity index is 770. The highest BCUT2D eigenvalue weighted by molar-refractivity contribution is 5.69. The summed E-state index contributed by atoms with van der Waals surface area (Å²) < 4.78 is 5.76. The first-order valence-corrected chi connectivity index (χ1v) is 9.55. The zero-order valence-corrected chi connectivity index (χ0v) is 17.0. The number of likely N-dealkylation sites (N-methyl/N-ethyl adjacent to an activating group) is 1. The van der Waals surface area contributed by atoms with Gasteiger partial charge in [0.25, 0.3) is 0 Å². The van der Waals surface area contributed by atoms with Crippen molar-refractivity contribution in [3.8, 4) is 0 Å². The summed E-state index contributed by atoms with van der Waals surface area (Å²) in [5.74, 6) is 0. The van der Waals surface area contributed by atoms with Crippen molar-refractivity contribution < 1.29 is 9.53 Å². The molecule has 1 aliphatic rings. The fourth-order valence-electron chi connectivity index (χ4n) is 3.94. The molecule has 2 unspecified atom stereocenters. The molecule has 4 nitrogen and oxygen atoms in total. The first-order chi connectivity index (χ1) is 12.7. The molecule has 3 rings (SSSR count). The van der Waals surface area contributed by atoms with Gasteiger partial charge in [-0.25, -0.2) is 4.79 Å². The molecule has 1 fully saturated rings. The van der Waals surface area contributed by atoms with Gasteiger partial charge < -0.3 is 4.74 Å². The van der Waals surface area contributed by atoms with Crippen LogP contribution in [-0.4, -0.2) is 41.6 Å². The highest BCUT2D eigenvalue weighted by Gasteiger charge is 2.49. The molecule has 1 aliphatic heterocycles. The Hall–Kier alpha value is -2.33. The Labute approximate surface area is 162 Å². The van der Waals surface area contributed by atoms with Gasteiger partial charge in [-0.3, -0.25) is 9.80 Å². The van der Waals surface area contributed by atoms with Gasteiger partial charge in [0.2, 0.25) is 0 Å². The van der Waals surface area contributed by atoms with Gasteiger partial charge in [0, 0.05) is 13.1 Å². The summed E-state index contributed by atoms with van der Waals surface area (Å²) in [5.41, 5.74) is 1.42. The molecule has 27 heavy (non-hydrogen) atoms. The largest absolute Gasteiger partial charge is 0.444 e. The molecule has 2 aromatic carbocycles. The van der Waals surface area contributed by atoms with Crippen LogP contribution in [0.2, 0.25) is 0 Å². The summed E-state index contributed by atoms with van der Waals surface area (Å²) in [6.07, 6.45) is -0.258. The number of hydrogen-bond acceptors (Lipinski definition) is 3. The number of hydrogen-bond donors (Lipinski definition) is 0. The Morgan fingerprint density at radius 3 is 2.11 bits per heavy atom. The maximum Gasteiger partial charge on any atom is 0.410 e. The molecule has 0 N–H and O–H groups in total. The van der Waals surface area contributed by atoms with E-state index in [-0.39, 0.29) is 17.7 Å². The Kier molecular flexibility index (Phi) is 5.29. The number of carbonyl (C=O) groups is 1. The summed E-state index contributed by atoms with van der Waals surface area (Å²) in [5, 5.41) is 0. The zero-order chi connectivity index (χ0) is 19.7. The number of carbonyl (C=O) groups excluding carboxylic acids is 1. The molecule has 0 radical (unpaired) electrons. The van der Waals surface area contributed by atoms with Crippen LogP contribution >= 0.6 is 0 Å². The molecular formula is C23H30N2O2. The molecule has 144 valence electrons. The van der Waals surface area contributed by atoms with E-state index in [0.717, 1.165) is 12.1 Å². The van der Waals surface area contributed by atoms with Gasteiger partial charge in [0.15, 0.2) is 0 Å². The van der Waals surface area contributed by atoms with Crippen LogP contribution in [0.3, 0.4) is 0 Å². The van der Waals surface area contributed by atoms with Gasteiger partial charge in [-0.2, -0.15) is 0 Å². The SMILES string of the molecule is CN1CCN(C(=O)OC(C)(C)C)C(c2ccccc2)C1(C)c1ccccc1. The average Bonchev–Trinajstić information content (AvgIpc) is 2.63. The van der Waals surface area contributed by atoms with Crippen LogP contribution in [0, 0.1) is 0 Å². The monoisotopic (exact) mass is 366 g/mol. The molecule has 1 amide bonds. The molecule has 0 saturated carbocycles. The number of amides is 1. The fourth-order valence-corrected chi connectivity index (χ4v) is 3.94. The lowest BCUT2D eigenvalue weighted by Gasteiger charge is -2.53. The second-order valence-electron chi connectivity index (χ2n) is 8.42. The summed E-state index contributed by atoms with van der Waals surface area (Å²) >= 11 is 0. The molecule has 0 bridgehead atoms. The van der Waals surface area contributed by atoms with Gasteiger partial charge in [-0.15, -0.1) is 0 Å². The lowest BCUT2D eigenvalue weighted by Crippen LogP contribution is -2.60. The summed E-state index contributed by atoms with van der Waals surface area (Å²) in [6.45, 7) is 9.37. The lowest BCUT2D eigenvalue weighted by atomic mass is 9.77. The topological polar surface area (TPSA) is 32.8 Å².